The highest BCUT2D eigenvalue weighted by Crippen LogP contribution is 2.26. The smallest absolute Gasteiger partial charge is 0.219 e. The summed E-state index contributed by atoms with van der Waals surface area (Å²) in [6, 6.07) is 5.70. The highest BCUT2D eigenvalue weighted by Gasteiger charge is 2.13. The van der Waals surface area contributed by atoms with Crippen molar-refractivity contribution < 1.29 is 9.53 Å². The van der Waals surface area contributed by atoms with E-state index in [2.05, 4.69) is 4.98 Å². The normalized spacial score (nSPS) is 10.8. The number of carbonyl (C=O) groups is 1. The fourth-order valence-corrected chi connectivity index (χ4v) is 2.25. The van der Waals surface area contributed by atoms with E-state index >= 15 is 0 Å². The molecule has 0 saturated carbocycles. The van der Waals surface area contributed by atoms with E-state index in [0.29, 0.717) is 24.6 Å². The number of aromatic nitrogens is 2. The van der Waals surface area contributed by atoms with Crippen LogP contribution in [0.1, 0.15) is 12.2 Å². The molecule has 1 aromatic carbocycles. The summed E-state index contributed by atoms with van der Waals surface area (Å²) in [6.07, 6.45) is 0.913. The predicted molar refractivity (Wildman–Crippen MR) is 74.5 cm³/mol. The van der Waals surface area contributed by atoms with Crippen LogP contribution in [0.5, 0.6) is 5.75 Å². The number of ether oxygens (including phenoxy) is 1. The van der Waals surface area contributed by atoms with Gasteiger partial charge in [-0.1, -0.05) is 6.07 Å². The number of aryl methyl sites for hydroxylation is 2. The summed E-state index contributed by atoms with van der Waals surface area (Å²) < 4.78 is 7.28. The average Bonchev–Trinajstić information content (AvgIpc) is 2.74. The third-order valence-corrected chi connectivity index (χ3v) is 3.13. The molecule has 1 amide bonds. The second kappa shape index (κ2) is 5.93. The molecule has 2 aromatic rings. The van der Waals surface area contributed by atoms with Gasteiger partial charge in [-0.05, 0) is 12.1 Å². The van der Waals surface area contributed by atoms with Crippen molar-refractivity contribution in [3.63, 3.8) is 0 Å². The third kappa shape index (κ3) is 2.81. The van der Waals surface area contributed by atoms with Gasteiger partial charge in [0.05, 0.1) is 12.6 Å². The lowest BCUT2D eigenvalue weighted by Crippen LogP contribution is -2.15. The topological polar surface area (TPSA) is 70.1 Å². The van der Waals surface area contributed by atoms with Crippen LogP contribution in [0, 0.1) is 0 Å². The summed E-state index contributed by atoms with van der Waals surface area (Å²) in [4.78, 5) is 15.5. The SMILES string of the molecule is COc1cccc2c1nc(CCCl)n2CCC(N)=O. The van der Waals surface area contributed by atoms with Crippen molar-refractivity contribution >= 4 is 28.5 Å². The quantitative estimate of drug-likeness (QED) is 0.819. The number of hydrogen-bond acceptors (Lipinski definition) is 3. The first-order chi connectivity index (χ1) is 9.17. The number of methoxy groups -OCH3 is 1. The highest BCUT2D eigenvalue weighted by atomic mass is 35.5. The number of alkyl halides is 1. The monoisotopic (exact) mass is 281 g/mol. The molecule has 2 rings (SSSR count). The van der Waals surface area contributed by atoms with E-state index < -0.39 is 0 Å². The van der Waals surface area contributed by atoms with Crippen LogP contribution in [-0.2, 0) is 17.8 Å². The zero-order valence-electron chi connectivity index (χ0n) is 10.7. The van der Waals surface area contributed by atoms with Crippen LogP contribution in [0.4, 0.5) is 0 Å². The van der Waals surface area contributed by atoms with Crippen molar-refractivity contribution in [1.29, 1.82) is 0 Å². The number of primary amides is 1. The van der Waals surface area contributed by atoms with Crippen molar-refractivity contribution in [3.05, 3.63) is 24.0 Å². The van der Waals surface area contributed by atoms with Crippen LogP contribution in [-0.4, -0.2) is 28.4 Å². The van der Waals surface area contributed by atoms with E-state index in [1.165, 1.54) is 0 Å². The number of nitrogens with zero attached hydrogens (tertiary/aromatic N) is 2. The number of nitrogens with two attached hydrogens (primary N) is 1. The number of fused-ring (bicyclic) bond motifs is 1. The van der Waals surface area contributed by atoms with Gasteiger partial charge < -0.3 is 15.0 Å². The first kappa shape index (κ1) is 13.7. The molecule has 1 heterocycles. The molecule has 0 fully saturated rings. The van der Waals surface area contributed by atoms with Crippen molar-refractivity contribution in [2.24, 2.45) is 5.73 Å². The van der Waals surface area contributed by atoms with Gasteiger partial charge in [-0.25, -0.2) is 4.98 Å². The Bertz CT molecular complexity index is 595. The van der Waals surface area contributed by atoms with E-state index in [1.807, 2.05) is 22.8 Å². The first-order valence-corrected chi connectivity index (χ1v) is 6.57. The lowest BCUT2D eigenvalue weighted by molar-refractivity contribution is -0.118. The van der Waals surface area contributed by atoms with Crippen molar-refractivity contribution in [1.82, 2.24) is 9.55 Å². The molecule has 0 aliphatic heterocycles. The summed E-state index contributed by atoms with van der Waals surface area (Å²) >= 11 is 5.80. The number of amides is 1. The van der Waals surface area contributed by atoms with Gasteiger partial charge in [0.2, 0.25) is 5.91 Å². The molecule has 19 heavy (non-hydrogen) atoms. The van der Waals surface area contributed by atoms with Gasteiger partial charge in [-0.3, -0.25) is 4.79 Å². The number of imidazole rings is 1. The van der Waals surface area contributed by atoms with Crippen LogP contribution in [0.25, 0.3) is 11.0 Å². The second-order valence-corrected chi connectivity index (χ2v) is 4.54. The van der Waals surface area contributed by atoms with E-state index in [4.69, 9.17) is 22.1 Å². The fraction of sp³-hybridized carbons (Fsp3) is 0.385. The first-order valence-electron chi connectivity index (χ1n) is 6.03. The van der Waals surface area contributed by atoms with Gasteiger partial charge in [0.15, 0.2) is 0 Å². The number of hydrogen-bond donors (Lipinski definition) is 1. The minimum Gasteiger partial charge on any atom is -0.494 e. The van der Waals surface area contributed by atoms with Gasteiger partial charge >= 0.3 is 0 Å². The molecule has 0 bridgehead atoms. The second-order valence-electron chi connectivity index (χ2n) is 4.16. The van der Waals surface area contributed by atoms with Crippen molar-refractivity contribution in [2.45, 2.75) is 19.4 Å². The van der Waals surface area contributed by atoms with Gasteiger partial charge in [0.1, 0.15) is 17.1 Å². The van der Waals surface area contributed by atoms with E-state index in [0.717, 1.165) is 16.9 Å². The Morgan fingerprint density at radius 3 is 2.95 bits per heavy atom. The lowest BCUT2D eigenvalue weighted by atomic mass is 10.3. The number of para-hydroxylation sites is 1. The summed E-state index contributed by atoms with van der Waals surface area (Å²) in [7, 11) is 1.61. The summed E-state index contributed by atoms with van der Waals surface area (Å²) in [5.41, 5.74) is 6.93. The summed E-state index contributed by atoms with van der Waals surface area (Å²) in [5, 5.41) is 0. The van der Waals surface area contributed by atoms with E-state index in [-0.39, 0.29) is 12.3 Å². The zero-order valence-corrected chi connectivity index (χ0v) is 11.5. The molecule has 102 valence electrons. The van der Waals surface area contributed by atoms with Crippen LogP contribution < -0.4 is 10.5 Å². The van der Waals surface area contributed by atoms with Gasteiger partial charge in [0.25, 0.3) is 0 Å². The molecular formula is C13H16ClN3O2. The van der Waals surface area contributed by atoms with Crippen molar-refractivity contribution in [3.8, 4) is 5.75 Å². The predicted octanol–water partition coefficient (Wildman–Crippen LogP) is 1.70. The molecular weight excluding hydrogens is 266 g/mol. The van der Waals surface area contributed by atoms with Crippen LogP contribution >= 0.6 is 11.6 Å². The van der Waals surface area contributed by atoms with Gasteiger partial charge in [-0.15, -0.1) is 11.6 Å². The zero-order chi connectivity index (χ0) is 13.8. The molecule has 1 aromatic heterocycles. The maximum atomic E-state index is 11.0. The van der Waals surface area contributed by atoms with Crippen LogP contribution in [0.15, 0.2) is 18.2 Å². The van der Waals surface area contributed by atoms with E-state index in [1.54, 1.807) is 7.11 Å². The molecule has 0 aliphatic carbocycles. The molecule has 2 N–H and O–H groups in total. The molecule has 5 nitrogen and oxygen atoms in total. The number of benzene rings is 1. The molecule has 6 heteroatoms. The average molecular weight is 282 g/mol. The van der Waals surface area contributed by atoms with Crippen LogP contribution in [0.3, 0.4) is 0 Å². The Labute approximate surface area is 116 Å². The van der Waals surface area contributed by atoms with Crippen molar-refractivity contribution in [2.75, 3.05) is 13.0 Å². The maximum Gasteiger partial charge on any atom is 0.219 e. The van der Waals surface area contributed by atoms with Gasteiger partial charge in [-0.2, -0.15) is 0 Å². The molecule has 0 spiro atoms. The van der Waals surface area contributed by atoms with Crippen LogP contribution in [0.2, 0.25) is 0 Å². The Morgan fingerprint density at radius 2 is 2.32 bits per heavy atom. The fourth-order valence-electron chi connectivity index (χ4n) is 2.08. The minimum atomic E-state index is -0.332. The Balaban J connectivity index is 2.50. The molecule has 0 aliphatic rings. The Morgan fingerprint density at radius 1 is 1.53 bits per heavy atom. The Kier molecular flexibility index (Phi) is 4.27. The maximum absolute atomic E-state index is 11.0. The largest absolute Gasteiger partial charge is 0.494 e. The Hall–Kier alpha value is -1.75. The molecule has 0 saturated heterocycles. The molecule has 0 radical (unpaired) electrons. The number of rotatable bonds is 6. The molecule has 0 atom stereocenters. The molecule has 0 unspecified atom stereocenters. The number of halogens is 1. The van der Waals surface area contributed by atoms with E-state index in [9.17, 15) is 4.79 Å². The lowest BCUT2D eigenvalue weighted by Gasteiger charge is -2.07. The standard InChI is InChI=1S/C13H16ClN3O2/c1-19-10-4-2-3-9-13(10)16-12(5-7-14)17(9)8-6-11(15)18/h2-4H,5-8H2,1H3,(H2,15,18). The highest BCUT2D eigenvalue weighted by molar-refractivity contribution is 6.17. The number of carbonyl (C=O) groups excluding carboxylic acids is 1. The summed E-state index contributed by atoms with van der Waals surface area (Å²) in [5.74, 6) is 1.70. The minimum absolute atomic E-state index is 0.276. The van der Waals surface area contributed by atoms with Gasteiger partial charge in [0, 0.05) is 25.3 Å². The summed E-state index contributed by atoms with van der Waals surface area (Å²) in [6.45, 7) is 0.505. The third-order valence-electron chi connectivity index (χ3n) is 2.94.